The lowest BCUT2D eigenvalue weighted by Gasteiger charge is -2.12. The van der Waals surface area contributed by atoms with Gasteiger partial charge in [0.05, 0.1) is 0 Å². The Morgan fingerprint density at radius 1 is 1.35 bits per heavy atom. The summed E-state index contributed by atoms with van der Waals surface area (Å²) in [6, 6.07) is 8.24. The summed E-state index contributed by atoms with van der Waals surface area (Å²) in [6.45, 7) is 0.659. The lowest BCUT2D eigenvalue weighted by atomic mass is 10.1. The topological polar surface area (TPSA) is 29.1 Å². The SMILES string of the molecule is CSc1ccccc1CNC(=O)C1CCCC1. The second kappa shape index (κ2) is 6.10. The summed E-state index contributed by atoms with van der Waals surface area (Å²) in [5.41, 5.74) is 1.21. The van der Waals surface area contributed by atoms with Gasteiger partial charge in [0.25, 0.3) is 0 Å². The van der Waals surface area contributed by atoms with Crippen LogP contribution in [0.15, 0.2) is 29.2 Å². The van der Waals surface area contributed by atoms with Crippen molar-refractivity contribution in [1.82, 2.24) is 5.32 Å². The van der Waals surface area contributed by atoms with Crippen LogP contribution in [-0.4, -0.2) is 12.2 Å². The summed E-state index contributed by atoms with van der Waals surface area (Å²) in [5.74, 6) is 0.495. The van der Waals surface area contributed by atoms with Gasteiger partial charge in [-0.1, -0.05) is 31.0 Å². The summed E-state index contributed by atoms with van der Waals surface area (Å²) >= 11 is 1.73. The van der Waals surface area contributed by atoms with Crippen LogP contribution in [0.25, 0.3) is 0 Å². The maximum absolute atomic E-state index is 11.9. The summed E-state index contributed by atoms with van der Waals surface area (Å²) < 4.78 is 0. The van der Waals surface area contributed by atoms with Gasteiger partial charge in [-0.05, 0) is 30.7 Å². The van der Waals surface area contributed by atoms with E-state index in [0.717, 1.165) is 12.8 Å². The second-order valence-corrected chi connectivity index (χ2v) is 5.36. The number of hydrogen-bond acceptors (Lipinski definition) is 2. The zero-order valence-electron chi connectivity index (χ0n) is 10.2. The Hall–Kier alpha value is -0.960. The van der Waals surface area contributed by atoms with Gasteiger partial charge < -0.3 is 5.32 Å². The van der Waals surface area contributed by atoms with Crippen molar-refractivity contribution in [1.29, 1.82) is 0 Å². The van der Waals surface area contributed by atoms with Gasteiger partial charge in [0.2, 0.25) is 5.91 Å². The van der Waals surface area contributed by atoms with E-state index in [9.17, 15) is 4.79 Å². The summed E-state index contributed by atoms with van der Waals surface area (Å²) in [7, 11) is 0. The molecule has 0 bridgehead atoms. The van der Waals surface area contributed by atoms with Gasteiger partial charge in [0.15, 0.2) is 0 Å². The summed E-state index contributed by atoms with van der Waals surface area (Å²) in [4.78, 5) is 13.1. The van der Waals surface area contributed by atoms with Crippen molar-refractivity contribution in [3.8, 4) is 0 Å². The van der Waals surface area contributed by atoms with Crippen LogP contribution >= 0.6 is 11.8 Å². The molecule has 92 valence electrons. The molecular formula is C14H19NOS. The minimum atomic E-state index is 0.235. The van der Waals surface area contributed by atoms with Crippen LogP contribution in [0.3, 0.4) is 0 Å². The molecule has 1 amide bonds. The molecule has 0 atom stereocenters. The van der Waals surface area contributed by atoms with E-state index < -0.39 is 0 Å². The highest BCUT2D eigenvalue weighted by atomic mass is 32.2. The third-order valence-electron chi connectivity index (χ3n) is 3.37. The zero-order chi connectivity index (χ0) is 12.1. The fraction of sp³-hybridized carbons (Fsp3) is 0.500. The molecule has 2 nitrogen and oxygen atoms in total. The number of nitrogens with one attached hydrogen (secondary N) is 1. The highest BCUT2D eigenvalue weighted by Crippen LogP contribution is 2.25. The van der Waals surface area contributed by atoms with Gasteiger partial charge in [-0.25, -0.2) is 0 Å². The van der Waals surface area contributed by atoms with E-state index in [-0.39, 0.29) is 11.8 Å². The largest absolute Gasteiger partial charge is 0.352 e. The molecule has 0 saturated heterocycles. The van der Waals surface area contributed by atoms with Gasteiger partial charge in [0.1, 0.15) is 0 Å². The van der Waals surface area contributed by atoms with Crippen molar-refractivity contribution < 1.29 is 4.79 Å². The molecule has 0 heterocycles. The van der Waals surface area contributed by atoms with Gasteiger partial charge in [-0.3, -0.25) is 4.79 Å². The van der Waals surface area contributed by atoms with Crippen LogP contribution in [0.4, 0.5) is 0 Å². The van der Waals surface area contributed by atoms with Gasteiger partial charge in [-0.15, -0.1) is 11.8 Å². The number of carbonyl (C=O) groups is 1. The lowest BCUT2D eigenvalue weighted by Crippen LogP contribution is -2.28. The maximum atomic E-state index is 11.9. The van der Waals surface area contributed by atoms with E-state index in [1.165, 1.54) is 23.3 Å². The van der Waals surface area contributed by atoms with Crippen LogP contribution in [0.5, 0.6) is 0 Å². The van der Waals surface area contributed by atoms with Crippen molar-refractivity contribution in [3.05, 3.63) is 29.8 Å². The second-order valence-electron chi connectivity index (χ2n) is 4.51. The number of benzene rings is 1. The first kappa shape index (κ1) is 12.5. The Bertz CT molecular complexity index is 386. The third-order valence-corrected chi connectivity index (χ3v) is 4.21. The predicted molar refractivity (Wildman–Crippen MR) is 72.0 cm³/mol. The van der Waals surface area contributed by atoms with Crippen LogP contribution in [0.1, 0.15) is 31.2 Å². The van der Waals surface area contributed by atoms with Crippen molar-refractivity contribution in [2.45, 2.75) is 37.1 Å². The minimum absolute atomic E-state index is 0.235. The average molecular weight is 249 g/mol. The zero-order valence-corrected chi connectivity index (χ0v) is 11.1. The van der Waals surface area contributed by atoms with Crippen LogP contribution in [0, 0.1) is 5.92 Å². The van der Waals surface area contributed by atoms with Crippen molar-refractivity contribution in [2.75, 3.05) is 6.26 Å². The van der Waals surface area contributed by atoms with E-state index in [4.69, 9.17) is 0 Å². The van der Waals surface area contributed by atoms with E-state index in [1.807, 2.05) is 12.1 Å². The first-order valence-electron chi connectivity index (χ1n) is 6.21. The smallest absolute Gasteiger partial charge is 0.223 e. The van der Waals surface area contributed by atoms with Crippen LogP contribution < -0.4 is 5.32 Å². The Kier molecular flexibility index (Phi) is 4.49. The highest BCUT2D eigenvalue weighted by Gasteiger charge is 2.22. The molecule has 1 aromatic rings. The molecule has 1 N–H and O–H groups in total. The molecule has 0 radical (unpaired) electrons. The lowest BCUT2D eigenvalue weighted by molar-refractivity contribution is -0.124. The van der Waals surface area contributed by atoms with Gasteiger partial charge >= 0.3 is 0 Å². The molecule has 1 saturated carbocycles. The quantitative estimate of drug-likeness (QED) is 0.830. The highest BCUT2D eigenvalue weighted by molar-refractivity contribution is 7.98. The van der Waals surface area contributed by atoms with Gasteiger partial charge in [-0.2, -0.15) is 0 Å². The number of carbonyl (C=O) groups excluding carboxylic acids is 1. The molecular weight excluding hydrogens is 230 g/mol. The molecule has 1 aliphatic carbocycles. The summed E-state index contributed by atoms with van der Waals surface area (Å²) in [6.07, 6.45) is 6.61. The molecule has 1 fully saturated rings. The van der Waals surface area contributed by atoms with Gasteiger partial charge in [0, 0.05) is 17.4 Å². The molecule has 1 aliphatic rings. The van der Waals surface area contributed by atoms with E-state index in [0.29, 0.717) is 6.54 Å². The van der Waals surface area contributed by atoms with E-state index in [1.54, 1.807) is 11.8 Å². The molecule has 2 rings (SSSR count). The molecule has 1 aromatic carbocycles. The Morgan fingerprint density at radius 2 is 2.06 bits per heavy atom. The van der Waals surface area contributed by atoms with Crippen molar-refractivity contribution >= 4 is 17.7 Å². The number of amides is 1. The average Bonchev–Trinajstić information content (AvgIpc) is 2.90. The van der Waals surface area contributed by atoms with Crippen molar-refractivity contribution in [3.63, 3.8) is 0 Å². The minimum Gasteiger partial charge on any atom is -0.352 e. The Morgan fingerprint density at radius 3 is 2.76 bits per heavy atom. The van der Waals surface area contributed by atoms with E-state index >= 15 is 0 Å². The molecule has 0 aromatic heterocycles. The molecule has 0 aliphatic heterocycles. The fourth-order valence-electron chi connectivity index (χ4n) is 2.36. The fourth-order valence-corrected chi connectivity index (χ4v) is 2.98. The Labute approximate surface area is 107 Å². The van der Waals surface area contributed by atoms with E-state index in [2.05, 4.69) is 23.7 Å². The molecule has 0 unspecified atom stereocenters. The molecule has 0 spiro atoms. The summed E-state index contributed by atoms with van der Waals surface area (Å²) in [5, 5.41) is 3.06. The standard InChI is InChI=1S/C14H19NOS/c1-17-13-9-5-4-8-12(13)10-15-14(16)11-6-2-3-7-11/h4-5,8-9,11H,2-3,6-7,10H2,1H3,(H,15,16). The normalized spacial score (nSPS) is 16.1. The van der Waals surface area contributed by atoms with Crippen LogP contribution in [-0.2, 0) is 11.3 Å². The Balaban J connectivity index is 1.90. The molecule has 17 heavy (non-hydrogen) atoms. The predicted octanol–water partition coefficient (Wildman–Crippen LogP) is 3.21. The van der Waals surface area contributed by atoms with Crippen LogP contribution in [0.2, 0.25) is 0 Å². The number of hydrogen-bond donors (Lipinski definition) is 1. The number of thioether (sulfide) groups is 1. The first-order chi connectivity index (χ1) is 8.31. The first-order valence-corrected chi connectivity index (χ1v) is 7.43. The number of rotatable bonds is 4. The third kappa shape index (κ3) is 3.25. The van der Waals surface area contributed by atoms with Crippen molar-refractivity contribution in [2.24, 2.45) is 5.92 Å². The monoisotopic (exact) mass is 249 g/mol. The maximum Gasteiger partial charge on any atom is 0.223 e. The molecule has 3 heteroatoms.